The van der Waals surface area contributed by atoms with Crippen LogP contribution in [-0.4, -0.2) is 4.57 Å². The highest BCUT2D eigenvalue weighted by atomic mass is 14.9. The molecule has 0 bridgehead atoms. The van der Waals surface area contributed by atoms with Crippen molar-refractivity contribution >= 4 is 16.6 Å². The van der Waals surface area contributed by atoms with E-state index in [9.17, 15) is 0 Å². The van der Waals surface area contributed by atoms with Crippen LogP contribution in [0.15, 0.2) is 30.5 Å². The number of fused-ring (bicyclic) bond motifs is 1. The van der Waals surface area contributed by atoms with Crippen molar-refractivity contribution in [2.24, 2.45) is 0 Å². The summed E-state index contributed by atoms with van der Waals surface area (Å²) in [6.45, 7) is 9.98. The van der Waals surface area contributed by atoms with Crippen molar-refractivity contribution in [2.45, 2.75) is 13.5 Å². The molecule has 2 nitrogen and oxygen atoms in total. The smallest absolute Gasteiger partial charge is 0.187 e. The lowest BCUT2D eigenvalue weighted by Crippen LogP contribution is -1.89. The minimum Gasteiger partial charge on any atom is -0.348 e. The molecule has 0 spiro atoms. The summed E-state index contributed by atoms with van der Waals surface area (Å²) >= 11 is 0. The van der Waals surface area contributed by atoms with Crippen LogP contribution in [0.2, 0.25) is 0 Å². The number of hydrogen-bond acceptors (Lipinski definition) is 0. The van der Waals surface area contributed by atoms with E-state index in [2.05, 4.69) is 22.5 Å². The quantitative estimate of drug-likeness (QED) is 0.581. The van der Waals surface area contributed by atoms with Crippen molar-refractivity contribution in [1.29, 1.82) is 0 Å². The van der Waals surface area contributed by atoms with E-state index in [1.165, 1.54) is 5.52 Å². The van der Waals surface area contributed by atoms with E-state index in [4.69, 9.17) is 6.57 Å². The molecule has 0 aliphatic rings. The van der Waals surface area contributed by atoms with Gasteiger partial charge in [-0.05, 0) is 30.5 Å². The molecule has 64 valence electrons. The SMILES string of the molecule is [C-]#[N+]c1ccc2c(ccn2CC)c1. The topological polar surface area (TPSA) is 9.29 Å². The normalized spacial score (nSPS) is 10.2. The van der Waals surface area contributed by atoms with Crippen LogP contribution in [0.4, 0.5) is 5.69 Å². The molecule has 2 aromatic rings. The third-order valence-corrected chi connectivity index (χ3v) is 2.22. The summed E-state index contributed by atoms with van der Waals surface area (Å²) in [6, 6.07) is 7.84. The molecular formula is C11H10N2. The fraction of sp³-hybridized carbons (Fsp3) is 0.182. The Hall–Kier alpha value is -1.75. The molecule has 0 aliphatic carbocycles. The molecule has 0 N–H and O–H groups in total. The molecule has 0 fully saturated rings. The average molecular weight is 170 g/mol. The Kier molecular flexibility index (Phi) is 1.79. The van der Waals surface area contributed by atoms with E-state index in [-0.39, 0.29) is 0 Å². The Labute approximate surface area is 77.2 Å². The van der Waals surface area contributed by atoms with Gasteiger partial charge in [0.15, 0.2) is 5.69 Å². The molecule has 0 radical (unpaired) electrons. The molecule has 1 aromatic heterocycles. The summed E-state index contributed by atoms with van der Waals surface area (Å²) < 4.78 is 2.17. The molecule has 2 rings (SSSR count). The lowest BCUT2D eigenvalue weighted by Gasteiger charge is -1.99. The molecule has 0 saturated heterocycles. The van der Waals surface area contributed by atoms with Gasteiger partial charge in [-0.15, -0.1) is 0 Å². The number of aryl methyl sites for hydroxylation is 1. The maximum Gasteiger partial charge on any atom is 0.187 e. The summed E-state index contributed by atoms with van der Waals surface area (Å²) in [4.78, 5) is 3.40. The van der Waals surface area contributed by atoms with Crippen LogP contribution in [0.3, 0.4) is 0 Å². The van der Waals surface area contributed by atoms with Crippen molar-refractivity contribution in [3.8, 4) is 0 Å². The number of nitrogens with zero attached hydrogens (tertiary/aromatic N) is 2. The van der Waals surface area contributed by atoms with Crippen LogP contribution < -0.4 is 0 Å². The average Bonchev–Trinajstić information content (AvgIpc) is 2.59. The molecule has 0 unspecified atom stereocenters. The first-order valence-electron chi connectivity index (χ1n) is 4.31. The lowest BCUT2D eigenvalue weighted by molar-refractivity contribution is 0.798. The van der Waals surface area contributed by atoms with E-state index >= 15 is 0 Å². The highest BCUT2D eigenvalue weighted by Gasteiger charge is 1.99. The molecule has 0 amide bonds. The minimum absolute atomic E-state index is 0.710. The second-order valence-electron chi connectivity index (χ2n) is 2.96. The molecule has 1 aromatic carbocycles. The number of hydrogen-bond donors (Lipinski definition) is 0. The van der Waals surface area contributed by atoms with Crippen LogP contribution in [0, 0.1) is 6.57 Å². The summed E-state index contributed by atoms with van der Waals surface area (Å²) in [7, 11) is 0. The molecular weight excluding hydrogens is 160 g/mol. The van der Waals surface area contributed by atoms with Crippen molar-refractivity contribution in [3.63, 3.8) is 0 Å². The fourth-order valence-electron chi connectivity index (χ4n) is 1.53. The summed E-state index contributed by atoms with van der Waals surface area (Å²) in [5, 5.41) is 1.15. The van der Waals surface area contributed by atoms with Gasteiger partial charge in [0, 0.05) is 18.3 Å². The minimum atomic E-state index is 0.710. The third-order valence-electron chi connectivity index (χ3n) is 2.22. The zero-order valence-electron chi connectivity index (χ0n) is 7.49. The van der Waals surface area contributed by atoms with E-state index in [1.54, 1.807) is 0 Å². The van der Waals surface area contributed by atoms with Crippen molar-refractivity contribution < 1.29 is 0 Å². The Bertz CT molecular complexity index is 474. The Morgan fingerprint density at radius 3 is 2.92 bits per heavy atom. The second-order valence-corrected chi connectivity index (χ2v) is 2.96. The molecule has 2 heteroatoms. The van der Waals surface area contributed by atoms with E-state index in [0.717, 1.165) is 11.9 Å². The van der Waals surface area contributed by atoms with Gasteiger partial charge in [0.25, 0.3) is 0 Å². The first-order valence-corrected chi connectivity index (χ1v) is 4.31. The van der Waals surface area contributed by atoms with Gasteiger partial charge in [0.1, 0.15) is 0 Å². The largest absolute Gasteiger partial charge is 0.348 e. The van der Waals surface area contributed by atoms with Gasteiger partial charge < -0.3 is 4.57 Å². The zero-order valence-corrected chi connectivity index (χ0v) is 7.49. The molecule has 13 heavy (non-hydrogen) atoms. The van der Waals surface area contributed by atoms with Gasteiger partial charge in [-0.3, -0.25) is 0 Å². The molecule has 0 atom stereocenters. The van der Waals surface area contributed by atoms with Gasteiger partial charge in [-0.25, -0.2) is 4.85 Å². The maximum absolute atomic E-state index is 6.89. The second kappa shape index (κ2) is 2.95. The third kappa shape index (κ3) is 1.19. The Balaban J connectivity index is 2.70. The van der Waals surface area contributed by atoms with Gasteiger partial charge in [0.05, 0.1) is 6.57 Å². The predicted octanol–water partition coefficient (Wildman–Crippen LogP) is 3.21. The van der Waals surface area contributed by atoms with E-state index in [0.29, 0.717) is 5.69 Å². The van der Waals surface area contributed by atoms with Gasteiger partial charge in [0.2, 0.25) is 0 Å². The van der Waals surface area contributed by atoms with Crippen LogP contribution in [0.1, 0.15) is 6.92 Å². The number of aromatic nitrogens is 1. The molecule has 0 saturated carbocycles. The Morgan fingerprint density at radius 1 is 1.38 bits per heavy atom. The highest BCUT2D eigenvalue weighted by molar-refractivity contribution is 5.83. The van der Waals surface area contributed by atoms with Crippen LogP contribution in [-0.2, 0) is 6.54 Å². The lowest BCUT2D eigenvalue weighted by atomic mass is 10.2. The van der Waals surface area contributed by atoms with Crippen LogP contribution in [0.25, 0.3) is 15.7 Å². The first-order chi connectivity index (χ1) is 6.35. The predicted molar refractivity (Wildman–Crippen MR) is 53.9 cm³/mol. The van der Waals surface area contributed by atoms with Gasteiger partial charge in [-0.2, -0.15) is 0 Å². The van der Waals surface area contributed by atoms with Crippen molar-refractivity contribution in [3.05, 3.63) is 41.9 Å². The van der Waals surface area contributed by atoms with Crippen molar-refractivity contribution in [1.82, 2.24) is 4.57 Å². The van der Waals surface area contributed by atoms with Crippen molar-refractivity contribution in [2.75, 3.05) is 0 Å². The fourth-order valence-corrected chi connectivity index (χ4v) is 1.53. The van der Waals surface area contributed by atoms with E-state index < -0.39 is 0 Å². The summed E-state index contributed by atoms with van der Waals surface area (Å²) in [5.74, 6) is 0. The van der Waals surface area contributed by atoms with Gasteiger partial charge >= 0.3 is 0 Å². The highest BCUT2D eigenvalue weighted by Crippen LogP contribution is 2.21. The Morgan fingerprint density at radius 2 is 2.23 bits per heavy atom. The maximum atomic E-state index is 6.89. The molecule has 1 heterocycles. The monoisotopic (exact) mass is 170 g/mol. The van der Waals surface area contributed by atoms with Gasteiger partial charge in [-0.1, -0.05) is 6.07 Å². The molecule has 0 aliphatic heterocycles. The summed E-state index contributed by atoms with van der Waals surface area (Å²) in [5.41, 5.74) is 1.91. The standard InChI is InChI=1S/C11H10N2/c1-3-13-7-6-9-8-10(12-2)4-5-11(9)13/h4-8H,3H2,1H3. The number of benzene rings is 1. The van der Waals surface area contributed by atoms with E-state index in [1.807, 2.05) is 24.3 Å². The van der Waals surface area contributed by atoms with Crippen LogP contribution >= 0.6 is 0 Å². The number of rotatable bonds is 1. The first kappa shape index (κ1) is 7.88. The van der Waals surface area contributed by atoms with Crippen LogP contribution in [0.5, 0.6) is 0 Å². The summed E-state index contributed by atoms with van der Waals surface area (Å²) in [6.07, 6.45) is 2.05. The zero-order chi connectivity index (χ0) is 9.26.